The van der Waals surface area contributed by atoms with Crippen molar-refractivity contribution < 1.29 is 42.2 Å². The van der Waals surface area contributed by atoms with E-state index in [1.165, 1.54) is 11.1 Å². The molecule has 0 amide bonds. The quantitative estimate of drug-likeness (QED) is 0.611. The van der Waals surface area contributed by atoms with Crippen molar-refractivity contribution in [3.8, 4) is 5.69 Å². The Labute approximate surface area is 168 Å². The summed E-state index contributed by atoms with van der Waals surface area (Å²) in [6.45, 7) is 4.50. The van der Waals surface area contributed by atoms with Gasteiger partial charge in [0.25, 0.3) is 0 Å². The molecule has 1 heterocycles. The number of aromatic nitrogens is 2. The van der Waals surface area contributed by atoms with E-state index in [9.17, 15) is 4.79 Å². The first-order chi connectivity index (χ1) is 11.1. The SMILES string of the molecule is Cc1cccc(C)c1CC(=O)C[n+]1cccn1-c1ccccc1.[Y]. The van der Waals surface area contributed by atoms with E-state index in [4.69, 9.17) is 0 Å². The van der Waals surface area contributed by atoms with E-state index in [1.54, 1.807) is 0 Å². The molecule has 24 heavy (non-hydrogen) atoms. The minimum atomic E-state index is 0. The standard InChI is InChI=1S/C20H21N2O.Y/c1-16-8-6-9-17(2)20(16)14-19(23)15-21-12-7-13-22(21)18-10-4-3-5-11-18;/h3-13H,14-15H2,1-2H3;/q+1;. The van der Waals surface area contributed by atoms with Gasteiger partial charge in [0.1, 0.15) is 5.69 Å². The third-order valence-electron chi connectivity index (χ3n) is 4.14. The van der Waals surface area contributed by atoms with E-state index in [2.05, 4.69) is 26.0 Å². The molecule has 2 aromatic carbocycles. The van der Waals surface area contributed by atoms with Crippen molar-refractivity contribution in [3.05, 3.63) is 83.7 Å². The molecule has 1 radical (unpaired) electrons. The average Bonchev–Trinajstić information content (AvgIpc) is 3.00. The summed E-state index contributed by atoms with van der Waals surface area (Å²) in [4.78, 5) is 12.5. The Bertz CT molecular complexity index is 804. The Balaban J connectivity index is 0.00000208. The van der Waals surface area contributed by atoms with Crippen LogP contribution in [-0.2, 0) is 50.5 Å². The maximum Gasteiger partial charge on any atom is 0.230 e. The fourth-order valence-corrected chi connectivity index (χ4v) is 2.88. The molecular weight excluding hydrogens is 373 g/mol. The van der Waals surface area contributed by atoms with Crippen LogP contribution in [0.4, 0.5) is 0 Å². The van der Waals surface area contributed by atoms with Crippen molar-refractivity contribution in [1.82, 2.24) is 4.68 Å². The van der Waals surface area contributed by atoms with Crippen molar-refractivity contribution in [2.75, 3.05) is 0 Å². The van der Waals surface area contributed by atoms with Crippen molar-refractivity contribution in [1.29, 1.82) is 0 Å². The number of hydrogen-bond donors (Lipinski definition) is 0. The zero-order valence-electron chi connectivity index (χ0n) is 14.1. The maximum atomic E-state index is 12.5. The van der Waals surface area contributed by atoms with Crippen LogP contribution in [0, 0.1) is 13.8 Å². The van der Waals surface area contributed by atoms with E-state index in [0.717, 1.165) is 11.3 Å². The fourth-order valence-electron chi connectivity index (χ4n) is 2.88. The van der Waals surface area contributed by atoms with Gasteiger partial charge in [-0.05, 0) is 42.7 Å². The van der Waals surface area contributed by atoms with Gasteiger partial charge in [0, 0.05) is 45.2 Å². The smallest absolute Gasteiger partial charge is 0.230 e. The molecule has 3 nitrogen and oxygen atoms in total. The van der Waals surface area contributed by atoms with Crippen molar-refractivity contribution in [2.24, 2.45) is 0 Å². The Kier molecular flexibility index (Phi) is 6.64. The first kappa shape index (κ1) is 18.8. The van der Waals surface area contributed by atoms with E-state index in [0.29, 0.717) is 13.0 Å². The van der Waals surface area contributed by atoms with Crippen LogP contribution in [0.5, 0.6) is 0 Å². The van der Waals surface area contributed by atoms with Gasteiger partial charge in [-0.1, -0.05) is 36.4 Å². The third kappa shape index (κ3) is 4.28. The molecule has 1 aromatic heterocycles. The molecule has 0 fully saturated rings. The molecule has 0 aliphatic rings. The van der Waals surface area contributed by atoms with Gasteiger partial charge >= 0.3 is 0 Å². The summed E-state index contributed by atoms with van der Waals surface area (Å²) in [6.07, 6.45) is 4.39. The minimum absolute atomic E-state index is 0. The summed E-state index contributed by atoms with van der Waals surface area (Å²) in [5, 5.41) is 0. The normalized spacial score (nSPS) is 10.2. The number of para-hydroxylation sites is 1. The number of carbonyl (C=O) groups is 1. The van der Waals surface area contributed by atoms with E-state index < -0.39 is 0 Å². The molecule has 119 valence electrons. The van der Waals surface area contributed by atoms with Crippen molar-refractivity contribution >= 4 is 5.78 Å². The van der Waals surface area contributed by atoms with Gasteiger partial charge in [-0.25, -0.2) is 0 Å². The van der Waals surface area contributed by atoms with Gasteiger partial charge in [0.2, 0.25) is 12.3 Å². The number of aryl methyl sites for hydroxylation is 2. The second kappa shape index (κ2) is 8.50. The summed E-state index contributed by atoms with van der Waals surface area (Å²) >= 11 is 0. The van der Waals surface area contributed by atoms with Gasteiger partial charge in [-0.2, -0.15) is 0 Å². The Hall–Kier alpha value is -1.58. The van der Waals surface area contributed by atoms with E-state index in [1.807, 2.05) is 64.2 Å². The predicted octanol–water partition coefficient (Wildman–Crippen LogP) is 3.19. The number of Topliss-reactive ketones (excluding diaryl/α,β-unsaturated/α-hetero) is 1. The summed E-state index contributed by atoms with van der Waals surface area (Å²) in [5.74, 6) is 0.211. The monoisotopic (exact) mass is 394 g/mol. The molecule has 0 unspecified atom stereocenters. The predicted molar refractivity (Wildman–Crippen MR) is 90.6 cm³/mol. The van der Waals surface area contributed by atoms with E-state index >= 15 is 0 Å². The molecule has 0 N–H and O–H groups in total. The molecule has 0 atom stereocenters. The zero-order chi connectivity index (χ0) is 16.2. The molecule has 0 aliphatic heterocycles. The van der Waals surface area contributed by atoms with Crippen LogP contribution in [0.2, 0.25) is 0 Å². The Morgan fingerprint density at radius 1 is 0.958 bits per heavy atom. The fraction of sp³-hybridized carbons (Fsp3) is 0.200. The second-order valence-corrected chi connectivity index (χ2v) is 5.85. The first-order valence-corrected chi connectivity index (χ1v) is 7.84. The molecule has 0 spiro atoms. The molecule has 0 bridgehead atoms. The van der Waals surface area contributed by atoms with Crippen molar-refractivity contribution in [3.63, 3.8) is 0 Å². The van der Waals surface area contributed by atoms with Crippen LogP contribution in [0.15, 0.2) is 67.0 Å². The third-order valence-corrected chi connectivity index (χ3v) is 4.14. The molecule has 3 aromatic rings. The van der Waals surface area contributed by atoms with Crippen LogP contribution in [0.3, 0.4) is 0 Å². The van der Waals surface area contributed by atoms with Gasteiger partial charge in [0.05, 0.1) is 6.20 Å². The molecular formula is C20H21N2OY+. The average molecular weight is 394 g/mol. The molecule has 0 aliphatic carbocycles. The number of ketones is 1. The van der Waals surface area contributed by atoms with Crippen LogP contribution in [-0.4, -0.2) is 10.5 Å². The first-order valence-electron chi connectivity index (χ1n) is 7.84. The van der Waals surface area contributed by atoms with Gasteiger partial charge in [-0.3, -0.25) is 4.79 Å². The number of nitrogens with zero attached hydrogens (tertiary/aromatic N) is 2. The molecule has 4 heteroatoms. The molecule has 0 saturated carbocycles. The summed E-state index contributed by atoms with van der Waals surface area (Å²) in [5.41, 5.74) is 4.57. The van der Waals surface area contributed by atoms with Crippen LogP contribution in [0.1, 0.15) is 16.7 Å². The van der Waals surface area contributed by atoms with Crippen molar-refractivity contribution in [2.45, 2.75) is 26.8 Å². The van der Waals surface area contributed by atoms with Gasteiger partial charge in [-0.15, -0.1) is 9.36 Å². The maximum absolute atomic E-state index is 12.5. The summed E-state index contributed by atoms with van der Waals surface area (Å²) in [7, 11) is 0. The Morgan fingerprint density at radius 3 is 2.29 bits per heavy atom. The Morgan fingerprint density at radius 2 is 1.62 bits per heavy atom. The molecule has 0 saturated heterocycles. The number of benzene rings is 2. The van der Waals surface area contributed by atoms with E-state index in [-0.39, 0.29) is 38.5 Å². The molecule has 3 rings (SSSR count). The van der Waals surface area contributed by atoms with Crippen LogP contribution >= 0.6 is 0 Å². The van der Waals surface area contributed by atoms with Crippen LogP contribution in [0.25, 0.3) is 5.69 Å². The second-order valence-electron chi connectivity index (χ2n) is 5.85. The topological polar surface area (TPSA) is 25.9 Å². The minimum Gasteiger partial charge on any atom is -0.292 e. The largest absolute Gasteiger partial charge is 0.292 e. The van der Waals surface area contributed by atoms with Gasteiger partial charge in [0.15, 0.2) is 6.20 Å². The summed E-state index contributed by atoms with van der Waals surface area (Å²) < 4.78 is 3.95. The zero-order valence-corrected chi connectivity index (χ0v) is 17.0. The number of hydrogen-bond acceptors (Lipinski definition) is 1. The number of carbonyl (C=O) groups excluding carboxylic acids is 1. The van der Waals surface area contributed by atoms with Crippen LogP contribution < -0.4 is 4.68 Å². The van der Waals surface area contributed by atoms with Gasteiger partial charge < -0.3 is 0 Å². The number of rotatable bonds is 5. The summed E-state index contributed by atoms with van der Waals surface area (Å²) in [6, 6.07) is 18.2.